The van der Waals surface area contributed by atoms with Gasteiger partial charge in [-0.05, 0) is 111 Å². The molecule has 0 aromatic heterocycles. The normalized spacial score (nSPS) is 16.3. The number of fused-ring (bicyclic) bond motifs is 9. The van der Waals surface area contributed by atoms with Crippen LogP contribution in [-0.2, 0) is 11.8 Å². The zero-order valence-corrected chi connectivity index (χ0v) is 24.8. The van der Waals surface area contributed by atoms with Crippen molar-refractivity contribution in [1.29, 1.82) is 0 Å². The molecule has 0 spiro atoms. The summed E-state index contributed by atoms with van der Waals surface area (Å²) in [4.78, 5) is 2.43. The Hall–Kier alpha value is -4.62. The summed E-state index contributed by atoms with van der Waals surface area (Å²) < 4.78 is 0. The molecule has 2 aliphatic carbocycles. The number of aryl methyl sites for hydroxylation is 1. The van der Waals surface area contributed by atoms with E-state index in [1.54, 1.807) is 0 Å². The van der Waals surface area contributed by atoms with Crippen LogP contribution < -0.4 is 4.90 Å². The molecule has 2 aliphatic rings. The van der Waals surface area contributed by atoms with E-state index < -0.39 is 0 Å². The molecule has 204 valence electrons. The van der Waals surface area contributed by atoms with Gasteiger partial charge in [0, 0.05) is 22.5 Å². The van der Waals surface area contributed by atoms with E-state index in [1.807, 2.05) is 0 Å². The molecule has 1 unspecified atom stereocenters. The van der Waals surface area contributed by atoms with Crippen LogP contribution >= 0.6 is 0 Å². The van der Waals surface area contributed by atoms with E-state index in [2.05, 4.69) is 154 Å². The first-order chi connectivity index (χ1) is 20.4. The van der Waals surface area contributed by atoms with Crippen molar-refractivity contribution >= 4 is 44.7 Å². The van der Waals surface area contributed by atoms with Crippen molar-refractivity contribution in [3.05, 3.63) is 143 Å². The zero-order chi connectivity index (χ0) is 28.6. The highest BCUT2D eigenvalue weighted by Crippen LogP contribution is 2.51. The van der Waals surface area contributed by atoms with E-state index in [9.17, 15) is 0 Å². The molecule has 1 nitrogen and oxygen atoms in total. The second-order valence-corrected chi connectivity index (χ2v) is 12.8. The Morgan fingerprint density at radius 1 is 0.619 bits per heavy atom. The molecule has 0 saturated heterocycles. The summed E-state index contributed by atoms with van der Waals surface area (Å²) in [6.07, 6.45) is 5.81. The zero-order valence-electron chi connectivity index (χ0n) is 24.8. The number of allylic oxidation sites excluding steroid dienone is 1. The molecule has 0 fully saturated rings. The summed E-state index contributed by atoms with van der Waals surface area (Å²) in [6, 6.07) is 40.8. The Morgan fingerprint density at radius 3 is 2.10 bits per heavy atom. The molecule has 1 heteroatoms. The fourth-order valence-electron chi connectivity index (χ4n) is 7.48. The van der Waals surface area contributed by atoms with Gasteiger partial charge < -0.3 is 4.90 Å². The van der Waals surface area contributed by atoms with E-state index >= 15 is 0 Å². The van der Waals surface area contributed by atoms with E-state index in [-0.39, 0.29) is 5.41 Å². The quantitative estimate of drug-likeness (QED) is 0.201. The van der Waals surface area contributed by atoms with Gasteiger partial charge in [-0.1, -0.05) is 111 Å². The SMILES string of the molecule is Cc1ccc2c(c1)C(C)(C)c1cc(N(c3ccccc3)c3ccc4c5c(c6ccccc6c4c3)CC(C)C=C5)ccc1-2. The van der Waals surface area contributed by atoms with Crippen molar-refractivity contribution in [2.75, 3.05) is 4.90 Å². The number of anilines is 3. The largest absolute Gasteiger partial charge is 0.310 e. The number of rotatable bonds is 3. The average molecular weight is 542 g/mol. The van der Waals surface area contributed by atoms with Gasteiger partial charge in [0.05, 0.1) is 0 Å². The molecule has 42 heavy (non-hydrogen) atoms. The second-order valence-electron chi connectivity index (χ2n) is 12.8. The maximum absolute atomic E-state index is 2.43. The Balaban J connectivity index is 1.35. The summed E-state index contributed by atoms with van der Waals surface area (Å²) in [5.41, 5.74) is 13.2. The van der Waals surface area contributed by atoms with E-state index in [0.717, 1.165) is 12.1 Å². The van der Waals surface area contributed by atoms with Gasteiger partial charge in [0.2, 0.25) is 0 Å². The van der Waals surface area contributed by atoms with Crippen molar-refractivity contribution < 1.29 is 0 Å². The van der Waals surface area contributed by atoms with Crippen LogP contribution in [0.5, 0.6) is 0 Å². The predicted molar refractivity (Wildman–Crippen MR) is 180 cm³/mol. The van der Waals surface area contributed by atoms with E-state index in [4.69, 9.17) is 0 Å². The first-order valence-electron chi connectivity index (χ1n) is 15.2. The highest BCUT2D eigenvalue weighted by atomic mass is 15.1. The molecule has 0 amide bonds. The Kier molecular flexibility index (Phi) is 5.50. The van der Waals surface area contributed by atoms with Crippen LogP contribution in [0.15, 0.2) is 115 Å². The maximum atomic E-state index is 2.43. The maximum Gasteiger partial charge on any atom is 0.0468 e. The van der Waals surface area contributed by atoms with Gasteiger partial charge >= 0.3 is 0 Å². The summed E-state index contributed by atoms with van der Waals surface area (Å²) in [7, 11) is 0. The van der Waals surface area contributed by atoms with Crippen LogP contribution in [0, 0.1) is 12.8 Å². The Morgan fingerprint density at radius 2 is 1.29 bits per heavy atom. The third kappa shape index (κ3) is 3.70. The van der Waals surface area contributed by atoms with Crippen molar-refractivity contribution in [3.8, 4) is 11.1 Å². The lowest BCUT2D eigenvalue weighted by Gasteiger charge is -2.29. The minimum absolute atomic E-state index is 0.0584. The summed E-state index contributed by atoms with van der Waals surface area (Å²) in [6.45, 7) is 9.25. The van der Waals surface area contributed by atoms with Crippen molar-refractivity contribution in [2.24, 2.45) is 5.92 Å². The number of nitrogens with zero attached hydrogens (tertiary/aromatic N) is 1. The van der Waals surface area contributed by atoms with Gasteiger partial charge in [0.15, 0.2) is 0 Å². The predicted octanol–water partition coefficient (Wildman–Crippen LogP) is 11.3. The summed E-state index contributed by atoms with van der Waals surface area (Å²) >= 11 is 0. The molecule has 0 radical (unpaired) electrons. The molecule has 0 aliphatic heterocycles. The van der Waals surface area contributed by atoms with E-state index in [0.29, 0.717) is 5.92 Å². The average Bonchev–Trinajstić information content (AvgIpc) is 3.23. The monoisotopic (exact) mass is 541 g/mol. The number of hydrogen-bond acceptors (Lipinski definition) is 1. The van der Waals surface area contributed by atoms with E-state index in [1.165, 1.54) is 71.9 Å². The Bertz CT molecular complexity index is 2060. The second kappa shape index (κ2) is 9.19. The van der Waals surface area contributed by atoms with Crippen LogP contribution in [-0.4, -0.2) is 0 Å². The topological polar surface area (TPSA) is 3.24 Å². The molecule has 1 atom stereocenters. The molecule has 6 aromatic rings. The minimum Gasteiger partial charge on any atom is -0.310 e. The number of hydrogen-bond donors (Lipinski definition) is 0. The molecule has 0 saturated carbocycles. The fraction of sp³-hybridized carbons (Fsp3) is 0.171. The smallest absolute Gasteiger partial charge is 0.0468 e. The fourth-order valence-corrected chi connectivity index (χ4v) is 7.48. The van der Waals surface area contributed by atoms with Gasteiger partial charge in [0.1, 0.15) is 0 Å². The standard InChI is InChI=1S/C41H35N/c1-26-14-18-33-34-20-16-29(24-38(34)32-13-9-8-12-31(32)37(33)22-26)42(28-10-6-5-7-11-28)30-17-21-36-35-19-15-27(2)23-39(35)41(3,4)40(36)25-30/h5-21,23-26H,22H2,1-4H3. The molecular weight excluding hydrogens is 506 g/mol. The van der Waals surface area contributed by atoms with Gasteiger partial charge in [-0.25, -0.2) is 0 Å². The third-order valence-corrected chi connectivity index (χ3v) is 9.62. The Labute approximate surface area is 248 Å². The highest BCUT2D eigenvalue weighted by molar-refractivity contribution is 6.14. The van der Waals surface area contributed by atoms with Crippen LogP contribution in [0.25, 0.3) is 38.7 Å². The van der Waals surface area contributed by atoms with Crippen molar-refractivity contribution in [3.63, 3.8) is 0 Å². The highest BCUT2D eigenvalue weighted by Gasteiger charge is 2.36. The summed E-state index contributed by atoms with van der Waals surface area (Å²) in [5, 5.41) is 5.37. The van der Waals surface area contributed by atoms with Gasteiger partial charge in [-0.2, -0.15) is 0 Å². The molecular formula is C41H35N. The van der Waals surface area contributed by atoms with Gasteiger partial charge in [0.25, 0.3) is 0 Å². The van der Waals surface area contributed by atoms with Gasteiger partial charge in [-0.3, -0.25) is 0 Å². The molecule has 0 N–H and O–H groups in total. The lowest BCUT2D eigenvalue weighted by atomic mass is 9.82. The van der Waals surface area contributed by atoms with Crippen LogP contribution in [0.2, 0.25) is 0 Å². The first-order valence-corrected chi connectivity index (χ1v) is 15.2. The lowest BCUT2D eigenvalue weighted by molar-refractivity contribution is 0.660. The van der Waals surface area contributed by atoms with Crippen LogP contribution in [0.1, 0.15) is 48.6 Å². The number of para-hydroxylation sites is 1. The first kappa shape index (κ1) is 25.1. The number of benzene rings is 6. The van der Waals surface area contributed by atoms with Crippen molar-refractivity contribution in [1.82, 2.24) is 0 Å². The lowest BCUT2D eigenvalue weighted by Crippen LogP contribution is -2.16. The summed E-state index contributed by atoms with van der Waals surface area (Å²) in [5.74, 6) is 0.560. The van der Waals surface area contributed by atoms with Crippen molar-refractivity contribution in [2.45, 2.75) is 39.5 Å². The van der Waals surface area contributed by atoms with Crippen LogP contribution in [0.4, 0.5) is 17.1 Å². The third-order valence-electron chi connectivity index (χ3n) is 9.62. The molecule has 0 bridgehead atoms. The molecule has 6 aromatic carbocycles. The van der Waals surface area contributed by atoms with Gasteiger partial charge in [-0.15, -0.1) is 0 Å². The van der Waals surface area contributed by atoms with Crippen LogP contribution in [0.3, 0.4) is 0 Å². The minimum atomic E-state index is -0.0584. The molecule has 8 rings (SSSR count). The molecule has 0 heterocycles.